The van der Waals surface area contributed by atoms with E-state index >= 15 is 0 Å². The smallest absolute Gasteiger partial charge is 0.217 e. The van der Waals surface area contributed by atoms with Crippen molar-refractivity contribution in [1.29, 1.82) is 0 Å². The highest BCUT2D eigenvalue weighted by Gasteiger charge is 2.41. The zero-order valence-corrected chi connectivity index (χ0v) is 13.5. The van der Waals surface area contributed by atoms with Crippen LogP contribution in [0.25, 0.3) is 0 Å². The Balaban J connectivity index is 1.49. The van der Waals surface area contributed by atoms with Crippen molar-refractivity contribution in [2.75, 3.05) is 19.8 Å². The molecular weight excluding hydrogens is 302 g/mol. The van der Waals surface area contributed by atoms with Gasteiger partial charge < -0.3 is 4.74 Å². The summed E-state index contributed by atoms with van der Waals surface area (Å²) in [6, 6.07) is 1.92. The average Bonchev–Trinajstić information content (AvgIpc) is 3.36. The third kappa shape index (κ3) is 3.07. The van der Waals surface area contributed by atoms with Crippen molar-refractivity contribution in [3.8, 4) is 0 Å². The minimum atomic E-state index is -3.16. The topological polar surface area (TPSA) is 64.4 Å². The van der Waals surface area contributed by atoms with Crippen LogP contribution in [0.5, 0.6) is 0 Å². The highest BCUT2D eigenvalue weighted by molar-refractivity contribution is 7.90. The van der Waals surface area contributed by atoms with Gasteiger partial charge in [-0.25, -0.2) is 8.42 Å². The molecule has 7 heteroatoms. The molecule has 1 unspecified atom stereocenters. The Labute approximate surface area is 131 Å². The molecule has 1 aliphatic heterocycles. The van der Waals surface area contributed by atoms with Crippen LogP contribution in [0.3, 0.4) is 0 Å². The van der Waals surface area contributed by atoms with Gasteiger partial charge >= 0.3 is 0 Å². The van der Waals surface area contributed by atoms with Gasteiger partial charge in [0.25, 0.3) is 0 Å². The first-order chi connectivity index (χ1) is 10.6. The van der Waals surface area contributed by atoms with E-state index in [-0.39, 0.29) is 11.2 Å². The van der Waals surface area contributed by atoms with Gasteiger partial charge in [-0.15, -0.1) is 0 Å². The molecule has 2 fully saturated rings. The Morgan fingerprint density at radius 3 is 2.64 bits per heavy atom. The number of nitrogens with zero attached hydrogens (tertiary/aromatic N) is 3. The minimum absolute atomic E-state index is 0.157. The van der Waals surface area contributed by atoms with Crippen molar-refractivity contribution in [2.45, 2.75) is 44.0 Å². The predicted molar refractivity (Wildman–Crippen MR) is 81.6 cm³/mol. The highest BCUT2D eigenvalue weighted by atomic mass is 32.2. The second-order valence-electron chi connectivity index (χ2n) is 6.89. The van der Waals surface area contributed by atoms with E-state index in [1.807, 2.05) is 10.7 Å². The quantitative estimate of drug-likeness (QED) is 0.789. The maximum absolute atomic E-state index is 12.6. The largest absolute Gasteiger partial charge is 0.381 e. The summed E-state index contributed by atoms with van der Waals surface area (Å²) in [5.41, 5.74) is 0.980. The summed E-state index contributed by atoms with van der Waals surface area (Å²) < 4.78 is 34.7. The molecule has 0 radical (unpaired) electrons. The molecule has 0 amide bonds. The molecule has 2 heterocycles. The van der Waals surface area contributed by atoms with E-state index in [9.17, 15) is 8.42 Å². The Hall–Kier alpha value is -0.920. The number of aromatic nitrogens is 2. The summed E-state index contributed by atoms with van der Waals surface area (Å²) in [5.74, 6) is 0.908. The molecule has 0 spiro atoms. The fraction of sp³-hybridized carbons (Fsp3) is 0.800. The molecular formula is C15H23N3O3S. The van der Waals surface area contributed by atoms with Crippen molar-refractivity contribution in [3.63, 3.8) is 0 Å². The van der Waals surface area contributed by atoms with Crippen LogP contribution >= 0.6 is 0 Å². The molecule has 1 aromatic rings. The van der Waals surface area contributed by atoms with E-state index in [4.69, 9.17) is 4.74 Å². The standard InChI is InChI=1S/C15H23N3O3S/c19-22(20,15-3-4-15)17-7-13(11-21-10-12-1-2-12)8-18-14(9-17)5-6-16-18/h5-6,12-13,15H,1-4,7-11H2. The van der Waals surface area contributed by atoms with E-state index in [0.29, 0.717) is 19.7 Å². The van der Waals surface area contributed by atoms with Crippen molar-refractivity contribution in [3.05, 3.63) is 18.0 Å². The Morgan fingerprint density at radius 1 is 1.14 bits per heavy atom. The number of sulfonamides is 1. The monoisotopic (exact) mass is 325 g/mol. The number of fused-ring (bicyclic) bond motifs is 1. The lowest BCUT2D eigenvalue weighted by Gasteiger charge is -2.23. The Bertz CT molecular complexity index is 634. The summed E-state index contributed by atoms with van der Waals surface area (Å²) in [7, 11) is -3.16. The van der Waals surface area contributed by atoms with Gasteiger partial charge in [-0.1, -0.05) is 0 Å². The molecule has 0 N–H and O–H groups in total. The van der Waals surface area contributed by atoms with Gasteiger partial charge in [-0.2, -0.15) is 9.40 Å². The number of hydrogen-bond acceptors (Lipinski definition) is 4. The summed E-state index contributed by atoms with van der Waals surface area (Å²) in [5, 5.41) is 4.18. The van der Waals surface area contributed by atoms with Gasteiger partial charge in [0, 0.05) is 31.8 Å². The van der Waals surface area contributed by atoms with E-state index < -0.39 is 10.0 Å². The minimum Gasteiger partial charge on any atom is -0.381 e. The molecule has 22 heavy (non-hydrogen) atoms. The highest BCUT2D eigenvalue weighted by Crippen LogP contribution is 2.33. The molecule has 3 aliphatic rings. The van der Waals surface area contributed by atoms with Gasteiger partial charge in [0.1, 0.15) is 0 Å². The Morgan fingerprint density at radius 2 is 1.91 bits per heavy atom. The molecule has 6 nitrogen and oxygen atoms in total. The number of rotatable bonds is 6. The SMILES string of the molecule is O=S(=O)(C1CC1)N1Cc2ccnn2CC(COCC2CC2)C1. The van der Waals surface area contributed by atoms with Crippen LogP contribution < -0.4 is 0 Å². The van der Waals surface area contributed by atoms with Gasteiger partial charge in [0.05, 0.1) is 24.1 Å². The average molecular weight is 325 g/mol. The first kappa shape index (κ1) is 14.7. The van der Waals surface area contributed by atoms with Gasteiger partial charge in [-0.05, 0) is 37.7 Å². The number of ether oxygens (including phenoxy) is 1. The van der Waals surface area contributed by atoms with Crippen molar-refractivity contribution >= 4 is 10.0 Å². The molecule has 4 rings (SSSR count). The second-order valence-corrected chi connectivity index (χ2v) is 9.10. The summed E-state index contributed by atoms with van der Waals surface area (Å²) in [4.78, 5) is 0. The fourth-order valence-electron chi connectivity index (χ4n) is 3.06. The Kier molecular flexibility index (Phi) is 3.74. The van der Waals surface area contributed by atoms with Gasteiger partial charge in [0.15, 0.2) is 0 Å². The summed E-state index contributed by atoms with van der Waals surface area (Å²) in [6.45, 7) is 3.17. The lowest BCUT2D eigenvalue weighted by molar-refractivity contribution is 0.0797. The lowest BCUT2D eigenvalue weighted by Crippen LogP contribution is -2.37. The molecule has 0 bridgehead atoms. The predicted octanol–water partition coefficient (Wildman–Crippen LogP) is 1.23. The first-order valence-corrected chi connectivity index (χ1v) is 9.70. The van der Waals surface area contributed by atoms with E-state index in [1.54, 1.807) is 10.5 Å². The molecule has 2 aliphatic carbocycles. The fourth-order valence-corrected chi connectivity index (χ4v) is 4.94. The molecule has 1 atom stereocenters. The molecule has 0 saturated heterocycles. The molecule has 2 saturated carbocycles. The van der Waals surface area contributed by atoms with Crippen molar-refractivity contribution in [2.24, 2.45) is 11.8 Å². The lowest BCUT2D eigenvalue weighted by atomic mass is 10.1. The van der Waals surface area contributed by atoms with Crippen molar-refractivity contribution < 1.29 is 13.2 Å². The molecule has 0 aromatic carbocycles. The zero-order chi connectivity index (χ0) is 15.2. The maximum atomic E-state index is 12.6. The van der Waals surface area contributed by atoms with Crippen LogP contribution in [0.4, 0.5) is 0 Å². The molecule has 1 aromatic heterocycles. The molecule has 122 valence electrons. The normalized spacial score (nSPS) is 26.6. The summed E-state index contributed by atoms with van der Waals surface area (Å²) >= 11 is 0. The maximum Gasteiger partial charge on any atom is 0.217 e. The van der Waals surface area contributed by atoms with E-state index in [1.165, 1.54) is 12.8 Å². The van der Waals surface area contributed by atoms with Gasteiger partial charge in [0.2, 0.25) is 10.0 Å². The number of hydrogen-bond donors (Lipinski definition) is 0. The van der Waals surface area contributed by atoms with E-state index in [0.717, 1.165) is 37.6 Å². The van der Waals surface area contributed by atoms with Gasteiger partial charge in [-0.3, -0.25) is 4.68 Å². The van der Waals surface area contributed by atoms with Crippen LogP contribution in [0.2, 0.25) is 0 Å². The third-order valence-corrected chi connectivity index (χ3v) is 7.06. The van der Waals surface area contributed by atoms with Crippen LogP contribution in [-0.2, 0) is 27.8 Å². The summed E-state index contributed by atoms with van der Waals surface area (Å²) in [6.07, 6.45) is 5.92. The van der Waals surface area contributed by atoms with Crippen LogP contribution in [0.1, 0.15) is 31.4 Å². The zero-order valence-electron chi connectivity index (χ0n) is 12.7. The second kappa shape index (κ2) is 5.62. The first-order valence-electron chi connectivity index (χ1n) is 8.20. The van der Waals surface area contributed by atoms with Crippen molar-refractivity contribution in [1.82, 2.24) is 14.1 Å². The third-order valence-electron chi connectivity index (χ3n) is 4.75. The van der Waals surface area contributed by atoms with Crippen LogP contribution in [0.15, 0.2) is 12.3 Å². The van der Waals surface area contributed by atoms with E-state index in [2.05, 4.69) is 5.10 Å². The van der Waals surface area contributed by atoms with Crippen LogP contribution in [-0.4, -0.2) is 47.5 Å². The van der Waals surface area contributed by atoms with Crippen LogP contribution in [0, 0.1) is 11.8 Å².